The summed E-state index contributed by atoms with van der Waals surface area (Å²) in [6.07, 6.45) is 0. The van der Waals surface area contributed by atoms with Crippen molar-refractivity contribution in [2.45, 2.75) is 6.92 Å². The summed E-state index contributed by atoms with van der Waals surface area (Å²) in [5, 5.41) is 2.96. The summed E-state index contributed by atoms with van der Waals surface area (Å²) in [6.45, 7) is 1.78. The number of aryl methyl sites for hydroxylation is 1. The Bertz CT molecular complexity index is 645. The molecule has 2 rings (SSSR count). The van der Waals surface area contributed by atoms with Gasteiger partial charge in [-0.2, -0.15) is 0 Å². The number of carbonyl (C=O) groups excluding carboxylic acids is 1. The molecule has 0 radical (unpaired) electrons. The van der Waals surface area contributed by atoms with Gasteiger partial charge >= 0.3 is 0 Å². The van der Waals surface area contributed by atoms with E-state index in [2.05, 4.69) is 21.2 Å². The van der Waals surface area contributed by atoms with E-state index in [0.29, 0.717) is 15.1 Å². The highest BCUT2D eigenvalue weighted by molar-refractivity contribution is 9.10. The van der Waals surface area contributed by atoms with Crippen molar-refractivity contribution < 1.29 is 9.18 Å². The maximum absolute atomic E-state index is 13.7. The molecule has 0 unspecified atom stereocenters. The van der Waals surface area contributed by atoms with Crippen molar-refractivity contribution >= 4 is 39.1 Å². The highest BCUT2D eigenvalue weighted by atomic mass is 79.9. The lowest BCUT2D eigenvalue weighted by molar-refractivity contribution is 0.102. The van der Waals surface area contributed by atoms with Gasteiger partial charge in [0.05, 0.1) is 11.3 Å². The second-order valence-corrected chi connectivity index (χ2v) is 5.35. The summed E-state index contributed by atoms with van der Waals surface area (Å²) < 4.78 is 14.3. The summed E-state index contributed by atoms with van der Waals surface area (Å²) in [5.74, 6) is -0.886. The molecular formula is C14H10BrClFNO. The second-order valence-electron chi connectivity index (χ2n) is 4.06. The first-order valence-corrected chi connectivity index (χ1v) is 6.67. The molecular weight excluding hydrogens is 333 g/mol. The van der Waals surface area contributed by atoms with Crippen LogP contribution in [0.5, 0.6) is 0 Å². The van der Waals surface area contributed by atoms with Crippen molar-refractivity contribution in [1.29, 1.82) is 0 Å². The van der Waals surface area contributed by atoms with E-state index in [1.165, 1.54) is 18.2 Å². The number of amides is 1. The highest BCUT2D eigenvalue weighted by Crippen LogP contribution is 2.23. The van der Waals surface area contributed by atoms with Gasteiger partial charge in [-0.15, -0.1) is 0 Å². The quantitative estimate of drug-likeness (QED) is 0.834. The Morgan fingerprint density at radius 3 is 2.68 bits per heavy atom. The molecule has 0 bridgehead atoms. The number of hydrogen-bond donors (Lipinski definition) is 1. The average molecular weight is 343 g/mol. The summed E-state index contributed by atoms with van der Waals surface area (Å²) in [7, 11) is 0. The largest absolute Gasteiger partial charge is 0.319 e. The Morgan fingerprint density at radius 1 is 1.26 bits per heavy atom. The molecule has 1 N–H and O–H groups in total. The molecule has 1 amide bonds. The third-order valence-corrected chi connectivity index (χ3v) is 3.47. The van der Waals surface area contributed by atoms with Crippen LogP contribution in [-0.2, 0) is 0 Å². The first-order chi connectivity index (χ1) is 8.97. The fraction of sp³-hybridized carbons (Fsp3) is 0.0714. The van der Waals surface area contributed by atoms with Crippen LogP contribution in [0.3, 0.4) is 0 Å². The predicted octanol–water partition coefficient (Wildman–Crippen LogP) is 4.80. The van der Waals surface area contributed by atoms with Crippen molar-refractivity contribution in [2.75, 3.05) is 5.32 Å². The zero-order valence-corrected chi connectivity index (χ0v) is 12.3. The molecule has 0 saturated carbocycles. The number of rotatable bonds is 2. The number of anilines is 1. The van der Waals surface area contributed by atoms with E-state index in [1.54, 1.807) is 25.1 Å². The van der Waals surface area contributed by atoms with Gasteiger partial charge in [0.15, 0.2) is 0 Å². The zero-order valence-electron chi connectivity index (χ0n) is 10.0. The van der Waals surface area contributed by atoms with Gasteiger partial charge in [-0.25, -0.2) is 4.39 Å². The van der Waals surface area contributed by atoms with Crippen molar-refractivity contribution in [3.8, 4) is 0 Å². The van der Waals surface area contributed by atoms with Crippen LogP contribution in [0.15, 0.2) is 40.9 Å². The van der Waals surface area contributed by atoms with Gasteiger partial charge in [0, 0.05) is 9.50 Å². The molecule has 98 valence electrons. The number of hydrogen-bond acceptors (Lipinski definition) is 1. The van der Waals surface area contributed by atoms with Gasteiger partial charge in [-0.05, 0) is 58.7 Å². The minimum Gasteiger partial charge on any atom is -0.319 e. The first kappa shape index (κ1) is 14.0. The third-order valence-electron chi connectivity index (χ3n) is 2.55. The smallest absolute Gasteiger partial charge is 0.256 e. The van der Waals surface area contributed by atoms with E-state index in [9.17, 15) is 9.18 Å². The van der Waals surface area contributed by atoms with Crippen LogP contribution < -0.4 is 5.32 Å². The Hall–Kier alpha value is -1.39. The maximum atomic E-state index is 13.7. The standard InChI is InChI=1S/C14H10BrClFNO/c1-8-2-5-13(12(17)6-8)18-14(19)10-7-9(16)3-4-11(10)15/h2-7H,1H3,(H,18,19). The van der Waals surface area contributed by atoms with E-state index < -0.39 is 11.7 Å². The van der Waals surface area contributed by atoms with Crippen molar-refractivity contribution in [3.05, 3.63) is 62.8 Å². The molecule has 0 aliphatic carbocycles. The van der Waals surface area contributed by atoms with Gasteiger partial charge in [0.1, 0.15) is 5.82 Å². The molecule has 0 aliphatic rings. The summed E-state index contributed by atoms with van der Waals surface area (Å²) in [5.41, 5.74) is 1.29. The highest BCUT2D eigenvalue weighted by Gasteiger charge is 2.13. The normalized spacial score (nSPS) is 10.3. The van der Waals surface area contributed by atoms with Gasteiger partial charge in [-0.3, -0.25) is 4.79 Å². The summed E-state index contributed by atoms with van der Waals surface area (Å²) >= 11 is 9.10. The summed E-state index contributed by atoms with van der Waals surface area (Å²) in [4.78, 5) is 12.1. The van der Waals surface area contributed by atoms with Crippen molar-refractivity contribution in [1.82, 2.24) is 0 Å². The number of carbonyl (C=O) groups is 1. The van der Waals surface area contributed by atoms with Gasteiger partial charge in [0.2, 0.25) is 0 Å². The second kappa shape index (κ2) is 5.72. The summed E-state index contributed by atoms with van der Waals surface area (Å²) in [6, 6.07) is 9.47. The molecule has 2 nitrogen and oxygen atoms in total. The molecule has 0 heterocycles. The minimum absolute atomic E-state index is 0.141. The number of halogens is 3. The first-order valence-electron chi connectivity index (χ1n) is 5.50. The fourth-order valence-electron chi connectivity index (χ4n) is 1.58. The Kier molecular flexibility index (Phi) is 4.22. The monoisotopic (exact) mass is 341 g/mol. The maximum Gasteiger partial charge on any atom is 0.256 e. The molecule has 19 heavy (non-hydrogen) atoms. The SMILES string of the molecule is Cc1ccc(NC(=O)c2cc(Cl)ccc2Br)c(F)c1. The molecule has 0 aromatic heterocycles. The zero-order chi connectivity index (χ0) is 14.0. The molecule has 0 fully saturated rings. The predicted molar refractivity (Wildman–Crippen MR) is 78.2 cm³/mol. The van der Waals surface area contributed by atoms with Crippen LogP contribution in [0.25, 0.3) is 0 Å². The topological polar surface area (TPSA) is 29.1 Å². The van der Waals surface area contributed by atoms with Crippen LogP contribution >= 0.6 is 27.5 Å². The fourth-order valence-corrected chi connectivity index (χ4v) is 2.18. The number of benzene rings is 2. The van der Waals surface area contributed by atoms with Gasteiger partial charge in [0.25, 0.3) is 5.91 Å². The molecule has 5 heteroatoms. The van der Waals surface area contributed by atoms with Gasteiger partial charge in [-0.1, -0.05) is 17.7 Å². The molecule has 0 atom stereocenters. The lowest BCUT2D eigenvalue weighted by Crippen LogP contribution is -2.13. The van der Waals surface area contributed by atoms with E-state index in [1.807, 2.05) is 0 Å². The number of nitrogens with one attached hydrogen (secondary N) is 1. The van der Waals surface area contributed by atoms with E-state index in [0.717, 1.165) is 5.56 Å². The molecule has 0 saturated heterocycles. The van der Waals surface area contributed by atoms with E-state index in [4.69, 9.17) is 11.6 Å². The minimum atomic E-state index is -0.466. The van der Waals surface area contributed by atoms with Crippen molar-refractivity contribution in [2.24, 2.45) is 0 Å². The van der Waals surface area contributed by atoms with Crippen LogP contribution in [0, 0.1) is 12.7 Å². The third kappa shape index (κ3) is 3.33. The Balaban J connectivity index is 2.28. The van der Waals surface area contributed by atoms with Crippen LogP contribution in [0.1, 0.15) is 15.9 Å². The van der Waals surface area contributed by atoms with Gasteiger partial charge < -0.3 is 5.32 Å². The van der Waals surface area contributed by atoms with Crippen LogP contribution in [-0.4, -0.2) is 5.91 Å². The van der Waals surface area contributed by atoms with Crippen molar-refractivity contribution in [3.63, 3.8) is 0 Å². The lowest BCUT2D eigenvalue weighted by Gasteiger charge is -2.08. The molecule has 0 aliphatic heterocycles. The van der Waals surface area contributed by atoms with Crippen LogP contribution in [0.4, 0.5) is 10.1 Å². The molecule has 2 aromatic carbocycles. The molecule has 2 aromatic rings. The van der Waals surface area contributed by atoms with E-state index in [-0.39, 0.29) is 5.69 Å². The average Bonchev–Trinajstić information content (AvgIpc) is 2.35. The lowest BCUT2D eigenvalue weighted by atomic mass is 10.2. The van der Waals surface area contributed by atoms with Crippen LogP contribution in [0.2, 0.25) is 5.02 Å². The molecule has 0 spiro atoms. The van der Waals surface area contributed by atoms with E-state index >= 15 is 0 Å². The Labute approximate surface area is 123 Å². The Morgan fingerprint density at radius 2 is 2.00 bits per heavy atom.